The summed E-state index contributed by atoms with van der Waals surface area (Å²) in [6, 6.07) is 0.390. The number of aromatic nitrogens is 4. The van der Waals surface area contributed by atoms with Gasteiger partial charge in [0.2, 0.25) is 0 Å². The molecule has 1 aliphatic carbocycles. The molecule has 0 saturated carbocycles. The zero-order valence-corrected chi connectivity index (χ0v) is 13.7. The molecule has 1 aliphatic heterocycles. The highest BCUT2D eigenvalue weighted by Gasteiger charge is 2.30. The molecule has 0 amide bonds. The van der Waals surface area contributed by atoms with Crippen LogP contribution in [0.3, 0.4) is 0 Å². The molecule has 6 heteroatoms. The molecule has 3 heterocycles. The van der Waals surface area contributed by atoms with Crippen molar-refractivity contribution in [3.8, 4) is 0 Å². The average Bonchev–Trinajstić information content (AvgIpc) is 3.22. The van der Waals surface area contributed by atoms with Crippen LogP contribution >= 0.6 is 11.6 Å². The Hall–Kier alpha value is -1.33. The number of imidazole rings is 2. The lowest BCUT2D eigenvalue weighted by atomic mass is 10.0. The minimum Gasteiger partial charge on any atom is -0.344 e. The van der Waals surface area contributed by atoms with Crippen LogP contribution in [-0.4, -0.2) is 31.0 Å². The molecule has 2 aliphatic rings. The maximum Gasteiger partial charge on any atom is 0.128 e. The molecule has 0 unspecified atom stereocenters. The molecule has 4 rings (SSSR count). The molecular formula is C16H22ClN5. The lowest BCUT2D eigenvalue weighted by molar-refractivity contribution is 0.232. The van der Waals surface area contributed by atoms with Gasteiger partial charge in [0.1, 0.15) is 16.8 Å². The first-order valence-corrected chi connectivity index (χ1v) is 8.58. The average molecular weight is 320 g/mol. The van der Waals surface area contributed by atoms with Crippen LogP contribution in [0.5, 0.6) is 0 Å². The summed E-state index contributed by atoms with van der Waals surface area (Å²) in [6.07, 6.45) is 8.97. The first kappa shape index (κ1) is 14.3. The van der Waals surface area contributed by atoms with E-state index in [4.69, 9.17) is 16.6 Å². The molecule has 1 atom stereocenters. The Kier molecular flexibility index (Phi) is 3.70. The number of aromatic amines is 1. The SMILES string of the molecule is Cn1c(Cl)cnc1CN1CCC[C@@H]1c1nc2c([nH]1)CCCC2. The van der Waals surface area contributed by atoms with Gasteiger partial charge < -0.3 is 9.55 Å². The minimum absolute atomic E-state index is 0.390. The second kappa shape index (κ2) is 5.70. The lowest BCUT2D eigenvalue weighted by Crippen LogP contribution is -2.25. The second-order valence-corrected chi connectivity index (χ2v) is 6.83. The number of likely N-dealkylation sites (tertiary alicyclic amines) is 1. The van der Waals surface area contributed by atoms with Crippen LogP contribution in [0.4, 0.5) is 0 Å². The van der Waals surface area contributed by atoms with Gasteiger partial charge >= 0.3 is 0 Å². The summed E-state index contributed by atoms with van der Waals surface area (Å²) in [7, 11) is 1.97. The quantitative estimate of drug-likeness (QED) is 0.946. The Labute approximate surface area is 135 Å². The molecule has 1 saturated heterocycles. The fraction of sp³-hybridized carbons (Fsp3) is 0.625. The molecule has 0 radical (unpaired) electrons. The number of aryl methyl sites for hydroxylation is 2. The van der Waals surface area contributed by atoms with Crippen LogP contribution < -0.4 is 0 Å². The number of H-pyrrole nitrogens is 1. The molecule has 1 fully saturated rings. The predicted molar refractivity (Wildman–Crippen MR) is 85.8 cm³/mol. The van der Waals surface area contributed by atoms with Crippen molar-refractivity contribution in [1.82, 2.24) is 24.4 Å². The summed E-state index contributed by atoms with van der Waals surface area (Å²) in [5, 5.41) is 0.694. The standard InChI is InChI=1S/C16H22ClN5/c1-21-14(17)9-18-15(21)10-22-8-4-7-13(22)16-19-11-5-2-3-6-12(11)20-16/h9,13H,2-8,10H2,1H3,(H,19,20)/t13-/m1/s1. The summed E-state index contributed by atoms with van der Waals surface area (Å²) in [5.41, 5.74) is 2.67. The summed E-state index contributed by atoms with van der Waals surface area (Å²) >= 11 is 6.10. The van der Waals surface area contributed by atoms with E-state index in [1.807, 2.05) is 11.6 Å². The van der Waals surface area contributed by atoms with Crippen LogP contribution in [0.25, 0.3) is 0 Å². The summed E-state index contributed by atoms with van der Waals surface area (Å²) in [4.78, 5) is 15.4. The van der Waals surface area contributed by atoms with Gasteiger partial charge in [-0.1, -0.05) is 11.6 Å². The van der Waals surface area contributed by atoms with Crippen LogP contribution in [0.15, 0.2) is 6.20 Å². The zero-order chi connectivity index (χ0) is 15.1. The smallest absolute Gasteiger partial charge is 0.128 e. The largest absolute Gasteiger partial charge is 0.344 e. The van der Waals surface area contributed by atoms with E-state index in [1.54, 1.807) is 6.20 Å². The highest BCUT2D eigenvalue weighted by atomic mass is 35.5. The molecule has 118 valence electrons. The number of nitrogens with one attached hydrogen (secondary N) is 1. The Morgan fingerprint density at radius 1 is 1.32 bits per heavy atom. The highest BCUT2D eigenvalue weighted by Crippen LogP contribution is 2.33. The van der Waals surface area contributed by atoms with Crippen LogP contribution in [-0.2, 0) is 26.4 Å². The first-order valence-electron chi connectivity index (χ1n) is 8.20. The Bertz CT molecular complexity index is 651. The first-order chi connectivity index (χ1) is 10.7. The molecule has 2 aromatic rings. The van der Waals surface area contributed by atoms with Gasteiger partial charge in [-0.15, -0.1) is 0 Å². The molecule has 1 N–H and O–H groups in total. The van der Waals surface area contributed by atoms with E-state index < -0.39 is 0 Å². The van der Waals surface area contributed by atoms with Gasteiger partial charge in [0.05, 0.1) is 24.5 Å². The topological polar surface area (TPSA) is 49.7 Å². The maximum atomic E-state index is 6.10. The van der Waals surface area contributed by atoms with Crippen molar-refractivity contribution in [2.45, 2.75) is 51.1 Å². The van der Waals surface area contributed by atoms with Crippen molar-refractivity contribution in [2.24, 2.45) is 7.05 Å². The van der Waals surface area contributed by atoms with E-state index in [0.29, 0.717) is 11.2 Å². The monoisotopic (exact) mass is 319 g/mol. The summed E-state index contributed by atoms with van der Waals surface area (Å²) < 4.78 is 1.96. The zero-order valence-electron chi connectivity index (χ0n) is 13.0. The third-order valence-electron chi connectivity index (χ3n) is 5.02. The van der Waals surface area contributed by atoms with Gasteiger partial charge in [-0.3, -0.25) is 4.90 Å². The molecule has 22 heavy (non-hydrogen) atoms. The van der Waals surface area contributed by atoms with E-state index in [2.05, 4.69) is 14.9 Å². The van der Waals surface area contributed by atoms with Crippen LogP contribution in [0.1, 0.15) is 54.8 Å². The van der Waals surface area contributed by atoms with Gasteiger partial charge in [0, 0.05) is 12.7 Å². The van der Waals surface area contributed by atoms with Crippen molar-refractivity contribution in [3.63, 3.8) is 0 Å². The number of rotatable bonds is 3. The fourth-order valence-electron chi connectivity index (χ4n) is 3.71. The van der Waals surface area contributed by atoms with Crippen molar-refractivity contribution >= 4 is 11.6 Å². The third kappa shape index (κ3) is 2.46. The lowest BCUT2D eigenvalue weighted by Gasteiger charge is -2.22. The molecule has 2 aromatic heterocycles. The summed E-state index contributed by atoms with van der Waals surface area (Å²) in [6.45, 7) is 1.93. The molecule has 0 spiro atoms. The second-order valence-electron chi connectivity index (χ2n) is 6.44. The van der Waals surface area contributed by atoms with Gasteiger partial charge in [0.15, 0.2) is 0 Å². The van der Waals surface area contributed by atoms with Gasteiger partial charge in [0.25, 0.3) is 0 Å². The fourth-order valence-corrected chi connectivity index (χ4v) is 3.86. The molecular weight excluding hydrogens is 298 g/mol. The van der Waals surface area contributed by atoms with Crippen molar-refractivity contribution < 1.29 is 0 Å². The maximum absolute atomic E-state index is 6.10. The van der Waals surface area contributed by atoms with E-state index in [-0.39, 0.29) is 0 Å². The number of hydrogen-bond acceptors (Lipinski definition) is 3. The molecule has 5 nitrogen and oxygen atoms in total. The highest BCUT2D eigenvalue weighted by molar-refractivity contribution is 6.29. The van der Waals surface area contributed by atoms with Gasteiger partial charge in [-0.2, -0.15) is 0 Å². The molecule has 0 bridgehead atoms. The van der Waals surface area contributed by atoms with Crippen molar-refractivity contribution in [2.75, 3.05) is 6.54 Å². The van der Waals surface area contributed by atoms with Gasteiger partial charge in [-0.05, 0) is 45.1 Å². The molecule has 0 aromatic carbocycles. The third-order valence-corrected chi connectivity index (χ3v) is 5.38. The Balaban J connectivity index is 1.55. The van der Waals surface area contributed by atoms with Crippen LogP contribution in [0.2, 0.25) is 5.15 Å². The predicted octanol–water partition coefficient (Wildman–Crippen LogP) is 3.01. The van der Waals surface area contributed by atoms with Crippen molar-refractivity contribution in [3.05, 3.63) is 34.4 Å². The Morgan fingerprint density at radius 2 is 2.18 bits per heavy atom. The number of hydrogen-bond donors (Lipinski definition) is 1. The van der Waals surface area contributed by atoms with E-state index in [0.717, 1.165) is 37.6 Å². The van der Waals surface area contributed by atoms with E-state index in [1.165, 1.54) is 37.1 Å². The minimum atomic E-state index is 0.390. The van der Waals surface area contributed by atoms with Crippen LogP contribution in [0, 0.1) is 0 Å². The number of nitrogens with zero attached hydrogens (tertiary/aromatic N) is 4. The van der Waals surface area contributed by atoms with Gasteiger partial charge in [-0.25, -0.2) is 9.97 Å². The van der Waals surface area contributed by atoms with E-state index in [9.17, 15) is 0 Å². The summed E-state index contributed by atoms with van der Waals surface area (Å²) in [5.74, 6) is 2.18. The normalized spacial score (nSPS) is 22.2. The van der Waals surface area contributed by atoms with Crippen molar-refractivity contribution in [1.29, 1.82) is 0 Å². The van der Waals surface area contributed by atoms with E-state index >= 15 is 0 Å². The number of halogens is 1. The Morgan fingerprint density at radius 3 is 2.95 bits per heavy atom. The number of fused-ring (bicyclic) bond motifs is 1.